The number of nitrogens with two attached hydrogens (primary N) is 1. The summed E-state index contributed by atoms with van der Waals surface area (Å²) >= 11 is 3.32. The second-order valence-corrected chi connectivity index (χ2v) is 5.82. The molecule has 2 rings (SSSR count). The number of aromatic nitrogens is 2. The molecule has 1 atom stereocenters. The number of nitrogens with zero attached hydrogens (tertiary/aromatic N) is 3. The van der Waals surface area contributed by atoms with Crippen LogP contribution < -0.4 is 16.2 Å². The van der Waals surface area contributed by atoms with Gasteiger partial charge >= 0.3 is 0 Å². The summed E-state index contributed by atoms with van der Waals surface area (Å²) in [4.78, 5) is 23.1. The molecule has 0 amide bonds. The van der Waals surface area contributed by atoms with Crippen molar-refractivity contribution in [3.63, 3.8) is 0 Å². The molecule has 112 valence electrons. The van der Waals surface area contributed by atoms with Crippen LogP contribution in [0.2, 0.25) is 0 Å². The standard InChI is InChI=1S/C13H22BrN5O/c1-2-10(3-4-15)18-5-7-19(8-6-18)12-11(14)13(20)17-9-16-12/h9-10H,2-8,15H2,1H3,(H,16,17,20). The summed E-state index contributed by atoms with van der Waals surface area (Å²) in [5, 5.41) is 0. The van der Waals surface area contributed by atoms with Gasteiger partial charge in [-0.25, -0.2) is 4.98 Å². The quantitative estimate of drug-likeness (QED) is 0.826. The van der Waals surface area contributed by atoms with Gasteiger partial charge in [0.1, 0.15) is 10.3 Å². The van der Waals surface area contributed by atoms with Crippen LogP contribution in [0, 0.1) is 0 Å². The van der Waals surface area contributed by atoms with E-state index in [0.717, 1.165) is 51.4 Å². The number of rotatable bonds is 5. The molecule has 20 heavy (non-hydrogen) atoms. The van der Waals surface area contributed by atoms with E-state index < -0.39 is 0 Å². The van der Waals surface area contributed by atoms with Crippen LogP contribution in [0.1, 0.15) is 19.8 Å². The van der Waals surface area contributed by atoms with Crippen molar-refractivity contribution in [1.82, 2.24) is 14.9 Å². The van der Waals surface area contributed by atoms with Crippen LogP contribution in [0.25, 0.3) is 0 Å². The van der Waals surface area contributed by atoms with Crippen molar-refractivity contribution in [3.05, 3.63) is 21.2 Å². The molecule has 1 aliphatic heterocycles. The number of aromatic amines is 1. The Morgan fingerprint density at radius 1 is 1.45 bits per heavy atom. The summed E-state index contributed by atoms with van der Waals surface area (Å²) < 4.78 is 0.516. The Morgan fingerprint density at radius 3 is 2.75 bits per heavy atom. The Bertz CT molecular complexity index is 484. The van der Waals surface area contributed by atoms with Gasteiger partial charge in [-0.2, -0.15) is 0 Å². The van der Waals surface area contributed by atoms with Crippen LogP contribution in [0.5, 0.6) is 0 Å². The predicted octanol–water partition coefficient (Wildman–Crippen LogP) is 0.782. The average molecular weight is 344 g/mol. The maximum atomic E-state index is 11.6. The van der Waals surface area contributed by atoms with Crippen molar-refractivity contribution in [2.45, 2.75) is 25.8 Å². The number of H-pyrrole nitrogens is 1. The van der Waals surface area contributed by atoms with Crippen molar-refractivity contribution in [2.24, 2.45) is 5.73 Å². The Labute approximate surface area is 127 Å². The molecule has 1 unspecified atom stereocenters. The van der Waals surface area contributed by atoms with Gasteiger partial charge in [-0.15, -0.1) is 0 Å². The van der Waals surface area contributed by atoms with E-state index in [9.17, 15) is 4.79 Å². The fourth-order valence-corrected chi connectivity index (χ4v) is 3.20. The van der Waals surface area contributed by atoms with Gasteiger partial charge in [0.15, 0.2) is 0 Å². The van der Waals surface area contributed by atoms with E-state index in [2.05, 4.69) is 42.6 Å². The van der Waals surface area contributed by atoms with Crippen LogP contribution in [-0.4, -0.2) is 53.6 Å². The van der Waals surface area contributed by atoms with Crippen molar-refractivity contribution < 1.29 is 0 Å². The maximum Gasteiger partial charge on any atom is 0.267 e. The summed E-state index contributed by atoms with van der Waals surface area (Å²) in [5.74, 6) is 0.736. The highest BCUT2D eigenvalue weighted by atomic mass is 79.9. The fraction of sp³-hybridized carbons (Fsp3) is 0.692. The number of hydrogen-bond acceptors (Lipinski definition) is 5. The first kappa shape index (κ1) is 15.5. The third-order valence-corrected chi connectivity index (χ3v) is 4.59. The molecule has 1 aliphatic rings. The first-order chi connectivity index (χ1) is 9.67. The molecule has 0 aliphatic carbocycles. The van der Waals surface area contributed by atoms with Gasteiger partial charge in [0.05, 0.1) is 6.33 Å². The molecule has 1 fully saturated rings. The first-order valence-corrected chi connectivity index (χ1v) is 7.89. The number of piperazine rings is 1. The molecule has 2 heterocycles. The molecular formula is C13H22BrN5O. The van der Waals surface area contributed by atoms with E-state index in [4.69, 9.17) is 5.73 Å². The molecule has 0 radical (unpaired) electrons. The Balaban J connectivity index is 2.00. The Morgan fingerprint density at radius 2 is 2.15 bits per heavy atom. The van der Waals surface area contributed by atoms with Crippen molar-refractivity contribution in [3.8, 4) is 0 Å². The lowest BCUT2D eigenvalue weighted by molar-refractivity contribution is 0.173. The normalized spacial score (nSPS) is 18.2. The van der Waals surface area contributed by atoms with Crippen LogP contribution >= 0.6 is 15.9 Å². The van der Waals surface area contributed by atoms with E-state index in [1.807, 2.05) is 0 Å². The van der Waals surface area contributed by atoms with Gasteiger partial charge in [-0.3, -0.25) is 9.69 Å². The lowest BCUT2D eigenvalue weighted by atomic mass is 10.1. The second-order valence-electron chi connectivity index (χ2n) is 5.03. The number of halogens is 1. The lowest BCUT2D eigenvalue weighted by Gasteiger charge is -2.39. The number of hydrogen-bond donors (Lipinski definition) is 2. The van der Waals surface area contributed by atoms with Crippen molar-refractivity contribution in [1.29, 1.82) is 0 Å². The van der Waals surface area contributed by atoms with Gasteiger partial charge in [0, 0.05) is 32.2 Å². The van der Waals surface area contributed by atoms with Gasteiger partial charge in [-0.1, -0.05) is 6.92 Å². The third-order valence-electron chi connectivity index (χ3n) is 3.88. The monoisotopic (exact) mass is 343 g/mol. The van der Waals surface area contributed by atoms with Crippen LogP contribution in [-0.2, 0) is 0 Å². The third kappa shape index (κ3) is 3.39. The Hall–Kier alpha value is -0.920. The van der Waals surface area contributed by atoms with Gasteiger partial charge in [-0.05, 0) is 35.3 Å². The molecule has 6 nitrogen and oxygen atoms in total. The summed E-state index contributed by atoms with van der Waals surface area (Å²) in [6.45, 7) is 6.69. The molecule has 3 N–H and O–H groups in total. The fourth-order valence-electron chi connectivity index (χ4n) is 2.73. The first-order valence-electron chi connectivity index (χ1n) is 7.09. The van der Waals surface area contributed by atoms with E-state index in [1.54, 1.807) is 0 Å². The average Bonchev–Trinajstić information content (AvgIpc) is 2.48. The topological polar surface area (TPSA) is 78.2 Å². The maximum absolute atomic E-state index is 11.6. The van der Waals surface area contributed by atoms with Crippen LogP contribution in [0.4, 0.5) is 5.82 Å². The van der Waals surface area contributed by atoms with Crippen molar-refractivity contribution >= 4 is 21.7 Å². The lowest BCUT2D eigenvalue weighted by Crippen LogP contribution is -2.51. The Kier molecular flexibility index (Phi) is 5.56. The zero-order valence-corrected chi connectivity index (χ0v) is 13.4. The van der Waals surface area contributed by atoms with Crippen LogP contribution in [0.3, 0.4) is 0 Å². The minimum atomic E-state index is -0.132. The van der Waals surface area contributed by atoms with E-state index in [1.165, 1.54) is 6.33 Å². The molecule has 0 bridgehead atoms. The zero-order chi connectivity index (χ0) is 14.5. The smallest absolute Gasteiger partial charge is 0.267 e. The summed E-state index contributed by atoms with van der Waals surface area (Å²) in [7, 11) is 0. The van der Waals surface area contributed by atoms with E-state index >= 15 is 0 Å². The number of nitrogens with one attached hydrogen (secondary N) is 1. The second kappa shape index (κ2) is 7.19. The molecule has 0 saturated carbocycles. The minimum Gasteiger partial charge on any atom is -0.353 e. The SMILES string of the molecule is CCC(CCN)N1CCN(c2nc[nH]c(=O)c2Br)CC1. The molecule has 1 saturated heterocycles. The molecular weight excluding hydrogens is 322 g/mol. The molecule has 0 aromatic carbocycles. The minimum absolute atomic E-state index is 0.132. The van der Waals surface area contributed by atoms with Gasteiger partial charge in [0.25, 0.3) is 5.56 Å². The highest BCUT2D eigenvalue weighted by Crippen LogP contribution is 2.21. The summed E-state index contributed by atoms with van der Waals surface area (Å²) in [6.07, 6.45) is 3.63. The van der Waals surface area contributed by atoms with Gasteiger partial charge < -0.3 is 15.6 Å². The number of anilines is 1. The van der Waals surface area contributed by atoms with E-state index in [-0.39, 0.29) is 5.56 Å². The predicted molar refractivity (Wildman–Crippen MR) is 84.1 cm³/mol. The molecule has 1 aromatic heterocycles. The van der Waals surface area contributed by atoms with Crippen LogP contribution in [0.15, 0.2) is 15.6 Å². The van der Waals surface area contributed by atoms with E-state index in [0.29, 0.717) is 10.5 Å². The molecule has 1 aromatic rings. The zero-order valence-electron chi connectivity index (χ0n) is 11.8. The molecule has 0 spiro atoms. The largest absolute Gasteiger partial charge is 0.353 e. The summed E-state index contributed by atoms with van der Waals surface area (Å²) in [5.41, 5.74) is 5.54. The van der Waals surface area contributed by atoms with Gasteiger partial charge in [0.2, 0.25) is 0 Å². The summed E-state index contributed by atoms with van der Waals surface area (Å²) in [6, 6.07) is 0.567. The highest BCUT2D eigenvalue weighted by molar-refractivity contribution is 9.10. The van der Waals surface area contributed by atoms with Crippen molar-refractivity contribution in [2.75, 3.05) is 37.6 Å². The highest BCUT2D eigenvalue weighted by Gasteiger charge is 2.24. The molecule has 7 heteroatoms.